The van der Waals surface area contributed by atoms with E-state index in [4.69, 9.17) is 11.6 Å². The van der Waals surface area contributed by atoms with Gasteiger partial charge in [0, 0.05) is 10.6 Å². The molecule has 1 aromatic rings. The number of esters is 1. The summed E-state index contributed by atoms with van der Waals surface area (Å²) < 4.78 is 18.3. The van der Waals surface area contributed by atoms with Crippen LogP contribution in [0.1, 0.15) is 12.0 Å². The number of halogens is 2. The summed E-state index contributed by atoms with van der Waals surface area (Å²) in [7, 11) is 1.26. The summed E-state index contributed by atoms with van der Waals surface area (Å²) in [5.41, 5.74) is 0.116. The van der Waals surface area contributed by atoms with Gasteiger partial charge in [0.05, 0.1) is 13.5 Å². The molecule has 7 heteroatoms. The molecular weight excluding hydrogens is 317 g/mol. The molecule has 4 nitrogen and oxygen atoms in total. The van der Waals surface area contributed by atoms with Crippen molar-refractivity contribution in [1.82, 2.24) is 5.32 Å². The Labute approximate surface area is 132 Å². The Morgan fingerprint density at radius 2 is 2.19 bits per heavy atom. The zero-order valence-corrected chi connectivity index (χ0v) is 13.4. The van der Waals surface area contributed by atoms with Gasteiger partial charge >= 0.3 is 5.97 Å². The van der Waals surface area contributed by atoms with E-state index in [0.717, 1.165) is 0 Å². The lowest BCUT2D eigenvalue weighted by Crippen LogP contribution is -2.42. The minimum Gasteiger partial charge on any atom is -0.467 e. The minimum atomic E-state index is -0.736. The van der Waals surface area contributed by atoms with Crippen molar-refractivity contribution in [3.05, 3.63) is 34.6 Å². The number of hydrogen-bond donors (Lipinski definition) is 1. The van der Waals surface area contributed by atoms with Crippen LogP contribution in [0.15, 0.2) is 18.2 Å². The van der Waals surface area contributed by atoms with Gasteiger partial charge in [0.15, 0.2) is 0 Å². The molecule has 0 spiro atoms. The highest BCUT2D eigenvalue weighted by atomic mass is 35.5. The topological polar surface area (TPSA) is 55.4 Å². The van der Waals surface area contributed by atoms with Crippen LogP contribution >= 0.6 is 23.4 Å². The van der Waals surface area contributed by atoms with Crippen LogP contribution < -0.4 is 5.32 Å². The van der Waals surface area contributed by atoms with Crippen LogP contribution in [-0.2, 0) is 20.7 Å². The number of benzene rings is 1. The van der Waals surface area contributed by atoms with Gasteiger partial charge in [0.25, 0.3) is 0 Å². The summed E-state index contributed by atoms with van der Waals surface area (Å²) in [6.45, 7) is 0. The number of nitrogens with one attached hydrogen (secondary N) is 1. The zero-order chi connectivity index (χ0) is 15.8. The standard InChI is InChI=1S/C14H17ClFNO3S/c1-20-14(19)12(6-7-21-2)17-13(18)8-9-10(15)4-3-5-11(9)16/h3-5,12H,6-8H2,1-2H3,(H,17,18)/t12-/m1/s1. The molecule has 0 saturated heterocycles. The number of carbonyl (C=O) groups excluding carboxylic acids is 2. The van der Waals surface area contributed by atoms with Gasteiger partial charge in [-0.2, -0.15) is 11.8 Å². The first kappa shape index (κ1) is 17.8. The summed E-state index contributed by atoms with van der Waals surface area (Å²) >= 11 is 7.42. The minimum absolute atomic E-state index is 0.116. The number of carbonyl (C=O) groups is 2. The van der Waals surface area contributed by atoms with E-state index in [1.165, 1.54) is 25.3 Å². The number of ether oxygens (including phenoxy) is 1. The van der Waals surface area contributed by atoms with Crippen molar-refractivity contribution in [1.29, 1.82) is 0 Å². The van der Waals surface area contributed by atoms with Crippen molar-refractivity contribution in [3.63, 3.8) is 0 Å². The molecule has 0 fully saturated rings. The molecule has 0 bridgehead atoms. The van der Waals surface area contributed by atoms with Gasteiger partial charge in [-0.1, -0.05) is 17.7 Å². The first-order valence-electron chi connectivity index (χ1n) is 6.28. The van der Waals surface area contributed by atoms with Crippen LogP contribution in [-0.4, -0.2) is 37.0 Å². The van der Waals surface area contributed by atoms with E-state index in [2.05, 4.69) is 10.1 Å². The van der Waals surface area contributed by atoms with Gasteiger partial charge in [-0.05, 0) is 30.6 Å². The molecule has 0 saturated carbocycles. The van der Waals surface area contributed by atoms with Crippen LogP contribution in [0.25, 0.3) is 0 Å². The fourth-order valence-electron chi connectivity index (χ4n) is 1.73. The molecule has 1 atom stereocenters. The molecular formula is C14H17ClFNO3S. The molecule has 1 rings (SSSR count). The smallest absolute Gasteiger partial charge is 0.328 e. The Morgan fingerprint density at radius 1 is 1.48 bits per heavy atom. The third kappa shape index (κ3) is 5.55. The van der Waals surface area contributed by atoms with Gasteiger partial charge < -0.3 is 10.1 Å². The second kappa shape index (κ2) is 8.89. The van der Waals surface area contributed by atoms with E-state index in [1.54, 1.807) is 11.8 Å². The third-order valence-corrected chi connectivity index (χ3v) is 3.83. The Balaban J connectivity index is 2.71. The molecule has 116 valence electrons. The maximum atomic E-state index is 13.6. The molecule has 21 heavy (non-hydrogen) atoms. The fraction of sp³-hybridized carbons (Fsp3) is 0.429. The van der Waals surface area contributed by atoms with Gasteiger partial charge in [0.1, 0.15) is 11.9 Å². The Morgan fingerprint density at radius 3 is 2.76 bits per heavy atom. The first-order chi connectivity index (χ1) is 9.99. The summed E-state index contributed by atoms with van der Waals surface area (Å²) in [5, 5.41) is 2.74. The summed E-state index contributed by atoms with van der Waals surface area (Å²) in [4.78, 5) is 23.6. The second-order valence-electron chi connectivity index (χ2n) is 4.30. The van der Waals surface area contributed by atoms with Crippen LogP contribution in [0.2, 0.25) is 5.02 Å². The second-order valence-corrected chi connectivity index (χ2v) is 5.69. The highest BCUT2D eigenvalue weighted by Gasteiger charge is 2.22. The number of amides is 1. The quantitative estimate of drug-likeness (QED) is 0.779. The molecule has 0 heterocycles. The Hall–Kier alpha value is -1.27. The fourth-order valence-corrected chi connectivity index (χ4v) is 2.44. The average Bonchev–Trinajstić information content (AvgIpc) is 2.46. The van der Waals surface area contributed by atoms with Crippen LogP contribution in [0.4, 0.5) is 4.39 Å². The van der Waals surface area contributed by atoms with Crippen LogP contribution in [0.5, 0.6) is 0 Å². The number of rotatable bonds is 7. The first-order valence-corrected chi connectivity index (χ1v) is 8.05. The highest BCUT2D eigenvalue weighted by molar-refractivity contribution is 7.98. The van der Waals surface area contributed by atoms with Gasteiger partial charge in [0.2, 0.25) is 5.91 Å². The lowest BCUT2D eigenvalue weighted by molar-refractivity contribution is -0.145. The lowest BCUT2D eigenvalue weighted by atomic mass is 10.1. The number of thioether (sulfide) groups is 1. The van der Waals surface area contributed by atoms with Crippen molar-refractivity contribution >= 4 is 35.2 Å². The zero-order valence-electron chi connectivity index (χ0n) is 11.8. The normalized spacial score (nSPS) is 11.8. The van der Waals surface area contributed by atoms with Crippen molar-refractivity contribution < 1.29 is 18.7 Å². The SMILES string of the molecule is COC(=O)[C@@H](CCSC)NC(=O)Cc1c(F)cccc1Cl. The monoisotopic (exact) mass is 333 g/mol. The van der Waals surface area contributed by atoms with E-state index in [0.29, 0.717) is 12.2 Å². The largest absolute Gasteiger partial charge is 0.467 e. The molecule has 1 N–H and O–H groups in total. The Kier molecular flexibility index (Phi) is 7.53. The van der Waals surface area contributed by atoms with Gasteiger partial charge in [-0.25, -0.2) is 9.18 Å². The summed E-state index contributed by atoms with van der Waals surface area (Å²) in [6.07, 6.45) is 2.12. The number of hydrogen-bond acceptors (Lipinski definition) is 4. The molecule has 0 unspecified atom stereocenters. The molecule has 0 radical (unpaired) electrons. The highest BCUT2D eigenvalue weighted by Crippen LogP contribution is 2.19. The summed E-state index contributed by atoms with van der Waals surface area (Å²) in [6, 6.07) is 3.48. The molecule has 1 amide bonds. The maximum Gasteiger partial charge on any atom is 0.328 e. The predicted octanol–water partition coefficient (Wildman–Crippen LogP) is 2.43. The third-order valence-electron chi connectivity index (χ3n) is 2.83. The van der Waals surface area contributed by atoms with Crippen LogP contribution in [0.3, 0.4) is 0 Å². The Bertz CT molecular complexity index is 493. The molecule has 0 aliphatic rings. The van der Waals surface area contributed by atoms with E-state index in [9.17, 15) is 14.0 Å². The van der Waals surface area contributed by atoms with E-state index in [-0.39, 0.29) is 17.0 Å². The van der Waals surface area contributed by atoms with Crippen LogP contribution in [0, 0.1) is 5.82 Å². The molecule has 1 aromatic carbocycles. The van der Waals surface area contributed by atoms with Crippen molar-refractivity contribution in [3.8, 4) is 0 Å². The molecule has 0 aliphatic heterocycles. The average molecular weight is 334 g/mol. The predicted molar refractivity (Wildman–Crippen MR) is 82.1 cm³/mol. The molecule has 0 aromatic heterocycles. The maximum absolute atomic E-state index is 13.6. The lowest BCUT2D eigenvalue weighted by Gasteiger charge is -2.16. The van der Waals surface area contributed by atoms with E-state index >= 15 is 0 Å². The van der Waals surface area contributed by atoms with Crippen molar-refractivity contribution in [2.45, 2.75) is 18.9 Å². The van der Waals surface area contributed by atoms with Crippen molar-refractivity contribution in [2.75, 3.05) is 19.1 Å². The van der Waals surface area contributed by atoms with Gasteiger partial charge in [-0.3, -0.25) is 4.79 Å². The number of methoxy groups -OCH3 is 1. The van der Waals surface area contributed by atoms with E-state index < -0.39 is 23.7 Å². The van der Waals surface area contributed by atoms with E-state index in [1.807, 2.05) is 6.26 Å². The molecule has 0 aliphatic carbocycles. The summed E-state index contributed by atoms with van der Waals surface area (Å²) in [5.74, 6) is -0.840. The van der Waals surface area contributed by atoms with Crippen molar-refractivity contribution in [2.24, 2.45) is 0 Å². The van der Waals surface area contributed by atoms with Gasteiger partial charge in [-0.15, -0.1) is 0 Å².